The van der Waals surface area contributed by atoms with Crippen LogP contribution in [-0.2, 0) is 0 Å². The van der Waals surface area contributed by atoms with Crippen LogP contribution in [0.1, 0.15) is 32.6 Å². The number of rotatable bonds is 1. The maximum atomic E-state index is 10.6. The second kappa shape index (κ2) is 3.19. The van der Waals surface area contributed by atoms with E-state index in [1.807, 2.05) is 0 Å². The van der Waals surface area contributed by atoms with Crippen LogP contribution in [0.25, 0.3) is 0 Å². The maximum Gasteiger partial charge on any atom is 0.0841 e. The van der Waals surface area contributed by atoms with Gasteiger partial charge in [0.15, 0.2) is 0 Å². The summed E-state index contributed by atoms with van der Waals surface area (Å²) in [6.07, 6.45) is 3.77. The van der Waals surface area contributed by atoms with Crippen molar-refractivity contribution in [3.63, 3.8) is 0 Å². The van der Waals surface area contributed by atoms with Gasteiger partial charge in [-0.15, -0.1) is 0 Å². The molecule has 82 valence electrons. The van der Waals surface area contributed by atoms with E-state index in [4.69, 9.17) is 5.73 Å². The molecule has 0 aromatic heterocycles. The van der Waals surface area contributed by atoms with E-state index in [0.717, 1.165) is 38.8 Å². The number of nitrogens with zero attached hydrogens (tertiary/aromatic N) is 1. The summed E-state index contributed by atoms with van der Waals surface area (Å²) in [7, 11) is 2.12. The minimum atomic E-state index is -0.600. The lowest BCUT2D eigenvalue weighted by Crippen LogP contribution is -2.52. The number of hydrogen-bond acceptors (Lipinski definition) is 3. The summed E-state index contributed by atoms with van der Waals surface area (Å²) in [5.74, 6) is 0.496. The minimum Gasteiger partial charge on any atom is -0.388 e. The summed E-state index contributed by atoms with van der Waals surface area (Å²) in [5, 5.41) is 10.6. The van der Waals surface area contributed by atoms with Gasteiger partial charge in [0.1, 0.15) is 0 Å². The molecule has 1 saturated carbocycles. The van der Waals surface area contributed by atoms with E-state index in [1.165, 1.54) is 0 Å². The van der Waals surface area contributed by atoms with E-state index in [2.05, 4.69) is 18.9 Å². The Hall–Kier alpha value is -0.120. The van der Waals surface area contributed by atoms with Crippen molar-refractivity contribution in [1.82, 2.24) is 4.90 Å². The van der Waals surface area contributed by atoms with E-state index < -0.39 is 5.60 Å². The molecule has 14 heavy (non-hydrogen) atoms. The predicted molar refractivity (Wildman–Crippen MR) is 57.0 cm³/mol. The standard InChI is InChI=1S/C11H22N2O/c1-9-8-11(9,12)10(14)4-3-6-13(2)7-5-10/h9,14H,3-8,12H2,1-2H3. The summed E-state index contributed by atoms with van der Waals surface area (Å²) in [6.45, 7) is 4.21. The molecule has 0 bridgehead atoms. The zero-order valence-electron chi connectivity index (χ0n) is 9.29. The molecule has 2 aliphatic rings. The number of hydrogen-bond donors (Lipinski definition) is 2. The van der Waals surface area contributed by atoms with E-state index >= 15 is 0 Å². The molecule has 0 spiro atoms. The largest absolute Gasteiger partial charge is 0.388 e. The fraction of sp³-hybridized carbons (Fsp3) is 1.00. The molecule has 2 rings (SSSR count). The number of nitrogens with two attached hydrogens (primary N) is 1. The molecule has 0 aromatic rings. The van der Waals surface area contributed by atoms with Crippen LogP contribution in [-0.4, -0.2) is 41.3 Å². The highest BCUT2D eigenvalue weighted by Crippen LogP contribution is 2.51. The summed E-state index contributed by atoms with van der Waals surface area (Å²) < 4.78 is 0. The van der Waals surface area contributed by atoms with Crippen molar-refractivity contribution in [2.24, 2.45) is 11.7 Å². The van der Waals surface area contributed by atoms with Crippen LogP contribution in [0, 0.1) is 5.92 Å². The van der Waals surface area contributed by atoms with Crippen LogP contribution in [0.5, 0.6) is 0 Å². The van der Waals surface area contributed by atoms with Crippen molar-refractivity contribution in [2.45, 2.75) is 43.7 Å². The SMILES string of the molecule is CC1CC1(N)C1(O)CCCN(C)CC1. The maximum absolute atomic E-state index is 10.6. The van der Waals surface area contributed by atoms with Gasteiger partial charge < -0.3 is 15.7 Å². The van der Waals surface area contributed by atoms with Crippen LogP contribution < -0.4 is 5.73 Å². The van der Waals surface area contributed by atoms with Gasteiger partial charge in [0.25, 0.3) is 0 Å². The first-order chi connectivity index (χ1) is 6.48. The fourth-order valence-electron chi connectivity index (χ4n) is 2.82. The molecule has 3 N–H and O–H groups in total. The van der Waals surface area contributed by atoms with Gasteiger partial charge in [-0.3, -0.25) is 0 Å². The predicted octanol–water partition coefficient (Wildman–Crippen LogP) is 0.570. The van der Waals surface area contributed by atoms with Crippen molar-refractivity contribution >= 4 is 0 Å². The van der Waals surface area contributed by atoms with Gasteiger partial charge in [0.05, 0.1) is 5.60 Å². The average Bonchev–Trinajstić information content (AvgIpc) is 2.76. The zero-order chi connectivity index (χ0) is 10.4. The Bertz CT molecular complexity index is 233. The molecular formula is C11H22N2O. The van der Waals surface area contributed by atoms with E-state index in [9.17, 15) is 5.11 Å². The Labute approximate surface area is 86.3 Å². The molecule has 1 heterocycles. The Kier molecular flexibility index (Phi) is 2.37. The topological polar surface area (TPSA) is 49.5 Å². The summed E-state index contributed by atoms with van der Waals surface area (Å²) >= 11 is 0. The molecule has 2 fully saturated rings. The fourth-order valence-corrected chi connectivity index (χ4v) is 2.82. The van der Waals surface area contributed by atoms with E-state index in [0.29, 0.717) is 5.92 Å². The number of aliphatic hydroxyl groups is 1. The minimum absolute atomic E-state index is 0.280. The smallest absolute Gasteiger partial charge is 0.0841 e. The van der Waals surface area contributed by atoms with Crippen molar-refractivity contribution in [3.05, 3.63) is 0 Å². The third-order valence-electron chi connectivity index (χ3n) is 4.27. The van der Waals surface area contributed by atoms with Gasteiger partial charge in [-0.05, 0) is 45.2 Å². The third-order valence-corrected chi connectivity index (χ3v) is 4.27. The van der Waals surface area contributed by atoms with Gasteiger partial charge in [0.2, 0.25) is 0 Å². The first-order valence-electron chi connectivity index (χ1n) is 5.68. The van der Waals surface area contributed by atoms with Crippen LogP contribution in [0.2, 0.25) is 0 Å². The van der Waals surface area contributed by atoms with E-state index in [1.54, 1.807) is 0 Å². The first-order valence-corrected chi connectivity index (χ1v) is 5.68. The van der Waals surface area contributed by atoms with Crippen molar-refractivity contribution in [2.75, 3.05) is 20.1 Å². The molecule has 0 amide bonds. The quantitative estimate of drug-likeness (QED) is 0.647. The molecule has 3 heteroatoms. The zero-order valence-corrected chi connectivity index (χ0v) is 9.29. The highest BCUT2D eigenvalue weighted by Gasteiger charge is 2.61. The molecule has 0 radical (unpaired) electrons. The van der Waals surface area contributed by atoms with Gasteiger partial charge in [0, 0.05) is 12.1 Å². The van der Waals surface area contributed by atoms with Crippen LogP contribution in [0.4, 0.5) is 0 Å². The molecule has 1 saturated heterocycles. The molecule has 1 aliphatic heterocycles. The van der Waals surface area contributed by atoms with Crippen molar-refractivity contribution < 1.29 is 5.11 Å². The van der Waals surface area contributed by atoms with E-state index in [-0.39, 0.29) is 5.54 Å². The second-order valence-corrected chi connectivity index (χ2v) is 5.33. The summed E-state index contributed by atoms with van der Waals surface area (Å²) in [5.41, 5.74) is 5.37. The van der Waals surface area contributed by atoms with Crippen molar-refractivity contribution in [1.29, 1.82) is 0 Å². The lowest BCUT2D eigenvalue weighted by molar-refractivity contribution is -0.0139. The van der Waals surface area contributed by atoms with Crippen LogP contribution in [0.15, 0.2) is 0 Å². The first kappa shape index (κ1) is 10.4. The van der Waals surface area contributed by atoms with Crippen LogP contribution in [0.3, 0.4) is 0 Å². The normalized spacial score (nSPS) is 50.1. The third kappa shape index (κ3) is 1.47. The highest BCUT2D eigenvalue weighted by molar-refractivity contribution is 5.18. The molecule has 0 aromatic carbocycles. The molecule has 3 nitrogen and oxygen atoms in total. The molecule has 3 unspecified atom stereocenters. The van der Waals surface area contributed by atoms with Gasteiger partial charge in [-0.1, -0.05) is 6.92 Å². The summed E-state index contributed by atoms with van der Waals surface area (Å²) in [4.78, 5) is 2.29. The summed E-state index contributed by atoms with van der Waals surface area (Å²) in [6, 6.07) is 0. The molecular weight excluding hydrogens is 176 g/mol. The number of likely N-dealkylation sites (tertiary alicyclic amines) is 1. The van der Waals surface area contributed by atoms with Crippen molar-refractivity contribution in [3.8, 4) is 0 Å². The Morgan fingerprint density at radius 2 is 2.00 bits per heavy atom. The average molecular weight is 198 g/mol. The van der Waals surface area contributed by atoms with Gasteiger partial charge >= 0.3 is 0 Å². The molecule has 3 atom stereocenters. The lowest BCUT2D eigenvalue weighted by atomic mass is 9.83. The Balaban J connectivity index is 2.08. The Morgan fingerprint density at radius 1 is 1.36 bits per heavy atom. The Morgan fingerprint density at radius 3 is 2.57 bits per heavy atom. The molecule has 1 aliphatic carbocycles. The van der Waals surface area contributed by atoms with Gasteiger partial charge in [-0.25, -0.2) is 0 Å². The second-order valence-electron chi connectivity index (χ2n) is 5.33. The monoisotopic (exact) mass is 198 g/mol. The van der Waals surface area contributed by atoms with Crippen LogP contribution >= 0.6 is 0 Å². The highest BCUT2D eigenvalue weighted by atomic mass is 16.3. The lowest BCUT2D eigenvalue weighted by Gasteiger charge is -2.34. The van der Waals surface area contributed by atoms with Gasteiger partial charge in [-0.2, -0.15) is 0 Å².